The van der Waals surface area contributed by atoms with Gasteiger partial charge in [-0.15, -0.1) is 0 Å². The molecule has 0 spiro atoms. The number of nitrogens with zero attached hydrogens (tertiary/aromatic N) is 1. The molecule has 0 aliphatic heterocycles. The summed E-state index contributed by atoms with van der Waals surface area (Å²) < 4.78 is 0. The molecular formula is C14H14N2. The molecule has 0 amide bonds. The van der Waals surface area contributed by atoms with Gasteiger partial charge in [0.1, 0.15) is 0 Å². The van der Waals surface area contributed by atoms with Gasteiger partial charge in [-0.2, -0.15) is 5.26 Å². The van der Waals surface area contributed by atoms with Gasteiger partial charge >= 0.3 is 0 Å². The van der Waals surface area contributed by atoms with E-state index in [4.69, 9.17) is 5.26 Å². The number of aromatic amines is 1. The van der Waals surface area contributed by atoms with Crippen molar-refractivity contribution in [1.29, 1.82) is 5.26 Å². The van der Waals surface area contributed by atoms with Crippen molar-refractivity contribution in [3.8, 4) is 6.07 Å². The summed E-state index contributed by atoms with van der Waals surface area (Å²) in [6, 6.07) is 10.8. The number of nitriles is 1. The highest BCUT2D eigenvalue weighted by Gasteiger charge is 2.21. The van der Waals surface area contributed by atoms with E-state index in [-0.39, 0.29) is 0 Å². The molecule has 2 aromatic rings. The number of para-hydroxylation sites is 1. The monoisotopic (exact) mass is 210 g/mol. The Morgan fingerprint density at radius 1 is 1.38 bits per heavy atom. The average molecular weight is 210 g/mol. The van der Waals surface area contributed by atoms with Gasteiger partial charge in [0.2, 0.25) is 0 Å². The van der Waals surface area contributed by atoms with Crippen LogP contribution >= 0.6 is 0 Å². The second kappa shape index (κ2) is 3.68. The van der Waals surface area contributed by atoms with Crippen LogP contribution < -0.4 is 0 Å². The molecule has 0 saturated carbocycles. The fourth-order valence-electron chi connectivity index (χ4n) is 2.74. The van der Waals surface area contributed by atoms with E-state index in [0.29, 0.717) is 12.3 Å². The first-order valence-electron chi connectivity index (χ1n) is 5.84. The molecule has 0 unspecified atom stereocenters. The smallest absolute Gasteiger partial charge is 0.0624 e. The van der Waals surface area contributed by atoms with Gasteiger partial charge in [-0.05, 0) is 36.8 Å². The number of aryl methyl sites for hydroxylation is 1. The molecule has 2 heteroatoms. The Kier molecular flexibility index (Phi) is 2.18. The molecular weight excluding hydrogens is 196 g/mol. The second-order valence-corrected chi connectivity index (χ2v) is 4.60. The fourth-order valence-corrected chi connectivity index (χ4v) is 2.74. The molecule has 0 fully saturated rings. The average Bonchev–Trinajstić information content (AvgIpc) is 2.68. The molecule has 0 radical (unpaired) electrons. The number of nitrogens with one attached hydrogen (secondary N) is 1. The van der Waals surface area contributed by atoms with E-state index in [2.05, 4.69) is 35.3 Å². The molecule has 1 N–H and O–H groups in total. The van der Waals surface area contributed by atoms with Crippen LogP contribution in [0.1, 0.15) is 24.1 Å². The molecule has 1 aliphatic carbocycles. The molecule has 3 rings (SSSR count). The molecule has 1 aromatic carbocycles. The van der Waals surface area contributed by atoms with E-state index in [1.807, 2.05) is 0 Å². The molecule has 2 nitrogen and oxygen atoms in total. The van der Waals surface area contributed by atoms with E-state index in [0.717, 1.165) is 19.3 Å². The molecule has 0 bridgehead atoms. The third-order valence-corrected chi connectivity index (χ3v) is 3.58. The highest BCUT2D eigenvalue weighted by Crippen LogP contribution is 2.32. The van der Waals surface area contributed by atoms with Crippen molar-refractivity contribution in [2.24, 2.45) is 5.92 Å². The van der Waals surface area contributed by atoms with Crippen LogP contribution in [-0.2, 0) is 12.8 Å². The quantitative estimate of drug-likeness (QED) is 0.771. The van der Waals surface area contributed by atoms with Crippen molar-refractivity contribution in [3.63, 3.8) is 0 Å². The summed E-state index contributed by atoms with van der Waals surface area (Å²) >= 11 is 0. The summed E-state index contributed by atoms with van der Waals surface area (Å²) in [7, 11) is 0. The van der Waals surface area contributed by atoms with Crippen LogP contribution in [0.5, 0.6) is 0 Å². The zero-order chi connectivity index (χ0) is 11.0. The van der Waals surface area contributed by atoms with Gasteiger partial charge in [0.15, 0.2) is 0 Å². The lowest BCUT2D eigenvalue weighted by molar-refractivity contribution is 0.467. The largest absolute Gasteiger partial charge is 0.358 e. The van der Waals surface area contributed by atoms with Crippen LogP contribution in [0, 0.1) is 17.2 Å². The van der Waals surface area contributed by atoms with Gasteiger partial charge in [-0.3, -0.25) is 0 Å². The topological polar surface area (TPSA) is 39.6 Å². The third-order valence-electron chi connectivity index (χ3n) is 3.58. The van der Waals surface area contributed by atoms with E-state index in [1.165, 1.54) is 22.2 Å². The summed E-state index contributed by atoms with van der Waals surface area (Å²) in [5, 5.41) is 10.1. The first-order valence-corrected chi connectivity index (χ1v) is 5.84. The van der Waals surface area contributed by atoms with Crippen LogP contribution in [0.15, 0.2) is 24.3 Å². The van der Waals surface area contributed by atoms with Crippen LogP contribution in [-0.4, -0.2) is 4.98 Å². The second-order valence-electron chi connectivity index (χ2n) is 4.60. The number of H-pyrrole nitrogens is 1. The third kappa shape index (κ3) is 1.40. The number of hydrogen-bond donors (Lipinski definition) is 1. The highest BCUT2D eigenvalue weighted by molar-refractivity contribution is 5.84. The molecule has 1 atom stereocenters. The first kappa shape index (κ1) is 9.47. The molecule has 1 aromatic heterocycles. The number of fused-ring (bicyclic) bond motifs is 3. The minimum atomic E-state index is 0.553. The summed E-state index contributed by atoms with van der Waals surface area (Å²) in [5.41, 5.74) is 4.07. The van der Waals surface area contributed by atoms with Crippen molar-refractivity contribution in [2.75, 3.05) is 0 Å². The minimum absolute atomic E-state index is 0.553. The number of aromatic nitrogens is 1. The Balaban J connectivity index is 2.05. The lowest BCUT2D eigenvalue weighted by Gasteiger charge is -2.19. The number of rotatable bonds is 1. The van der Waals surface area contributed by atoms with E-state index in [1.54, 1.807) is 0 Å². The van der Waals surface area contributed by atoms with Gasteiger partial charge in [0, 0.05) is 23.0 Å². The van der Waals surface area contributed by atoms with Crippen molar-refractivity contribution >= 4 is 10.9 Å². The predicted octanol–water partition coefficient (Wildman–Crippen LogP) is 3.19. The first-order chi connectivity index (χ1) is 7.88. The Morgan fingerprint density at radius 3 is 3.12 bits per heavy atom. The Bertz CT molecular complexity index is 560. The lowest BCUT2D eigenvalue weighted by atomic mass is 9.85. The summed E-state index contributed by atoms with van der Waals surface area (Å²) in [5.74, 6) is 0.553. The van der Waals surface area contributed by atoms with E-state index >= 15 is 0 Å². The van der Waals surface area contributed by atoms with E-state index in [9.17, 15) is 0 Å². The van der Waals surface area contributed by atoms with Crippen LogP contribution in [0.3, 0.4) is 0 Å². The predicted molar refractivity (Wildman–Crippen MR) is 64.0 cm³/mol. The Morgan fingerprint density at radius 2 is 2.25 bits per heavy atom. The maximum atomic E-state index is 8.77. The standard InChI is InChI=1S/C14H14N2/c15-8-7-10-5-6-14-12(9-10)11-3-1-2-4-13(11)16-14/h1-4,10,16H,5-7,9H2/t10-/m0/s1. The number of benzene rings is 1. The van der Waals surface area contributed by atoms with Crippen molar-refractivity contribution in [3.05, 3.63) is 35.5 Å². The molecule has 16 heavy (non-hydrogen) atoms. The molecule has 1 aliphatic rings. The minimum Gasteiger partial charge on any atom is -0.358 e. The molecule has 80 valence electrons. The Hall–Kier alpha value is -1.75. The normalized spacial score (nSPS) is 19.3. The molecule has 0 saturated heterocycles. The molecule has 1 heterocycles. The zero-order valence-corrected chi connectivity index (χ0v) is 9.16. The van der Waals surface area contributed by atoms with Crippen LogP contribution in [0.4, 0.5) is 0 Å². The van der Waals surface area contributed by atoms with Gasteiger partial charge in [0.05, 0.1) is 6.07 Å². The Labute approximate surface area is 94.9 Å². The summed E-state index contributed by atoms with van der Waals surface area (Å²) in [6.07, 6.45) is 4.00. The summed E-state index contributed by atoms with van der Waals surface area (Å²) in [4.78, 5) is 3.50. The van der Waals surface area contributed by atoms with Gasteiger partial charge in [-0.25, -0.2) is 0 Å². The lowest BCUT2D eigenvalue weighted by Crippen LogP contribution is -2.12. The highest BCUT2D eigenvalue weighted by atomic mass is 14.7. The van der Waals surface area contributed by atoms with Gasteiger partial charge < -0.3 is 4.98 Å². The van der Waals surface area contributed by atoms with Gasteiger partial charge in [0.25, 0.3) is 0 Å². The van der Waals surface area contributed by atoms with Crippen LogP contribution in [0.25, 0.3) is 10.9 Å². The van der Waals surface area contributed by atoms with Gasteiger partial charge in [-0.1, -0.05) is 18.2 Å². The zero-order valence-electron chi connectivity index (χ0n) is 9.16. The number of hydrogen-bond acceptors (Lipinski definition) is 1. The maximum Gasteiger partial charge on any atom is 0.0624 e. The van der Waals surface area contributed by atoms with E-state index < -0.39 is 0 Å². The van der Waals surface area contributed by atoms with Crippen molar-refractivity contribution < 1.29 is 0 Å². The SMILES string of the molecule is N#CC[C@@H]1CCc2[nH]c3ccccc3c2C1. The summed E-state index contributed by atoms with van der Waals surface area (Å²) in [6.45, 7) is 0. The van der Waals surface area contributed by atoms with Crippen LogP contribution in [0.2, 0.25) is 0 Å². The van der Waals surface area contributed by atoms with Crippen molar-refractivity contribution in [1.82, 2.24) is 4.98 Å². The van der Waals surface area contributed by atoms with Crippen molar-refractivity contribution in [2.45, 2.75) is 25.7 Å². The fraction of sp³-hybridized carbons (Fsp3) is 0.357. The maximum absolute atomic E-state index is 8.77.